The fourth-order valence-electron chi connectivity index (χ4n) is 2.05. The van der Waals surface area contributed by atoms with Gasteiger partial charge in [-0.25, -0.2) is 4.98 Å². The van der Waals surface area contributed by atoms with Crippen LogP contribution in [0.2, 0.25) is 0 Å². The first-order chi connectivity index (χ1) is 10.6. The second kappa shape index (κ2) is 7.49. The van der Waals surface area contributed by atoms with E-state index in [-0.39, 0.29) is 18.6 Å². The van der Waals surface area contributed by atoms with Crippen LogP contribution >= 0.6 is 11.3 Å². The number of hydrogen-bond donors (Lipinski definition) is 2. The number of benzene rings is 1. The monoisotopic (exact) mass is 320 g/mol. The number of nitrogens with zero attached hydrogens (tertiary/aromatic N) is 1. The van der Waals surface area contributed by atoms with Gasteiger partial charge in [0, 0.05) is 7.11 Å². The van der Waals surface area contributed by atoms with Crippen molar-refractivity contribution in [2.24, 2.45) is 0 Å². The Morgan fingerprint density at radius 2 is 2.09 bits per heavy atom. The molecule has 2 atom stereocenters. The van der Waals surface area contributed by atoms with E-state index in [1.54, 1.807) is 14.0 Å². The largest absolute Gasteiger partial charge is 0.394 e. The molecule has 1 aromatic heterocycles. The van der Waals surface area contributed by atoms with E-state index in [0.717, 1.165) is 10.6 Å². The van der Waals surface area contributed by atoms with E-state index in [2.05, 4.69) is 10.3 Å². The first kappa shape index (κ1) is 16.6. The second-order valence-corrected chi connectivity index (χ2v) is 5.99. The van der Waals surface area contributed by atoms with Crippen molar-refractivity contribution < 1.29 is 14.6 Å². The number of aliphatic hydroxyl groups excluding tert-OH is 1. The van der Waals surface area contributed by atoms with Gasteiger partial charge in [0.05, 0.1) is 18.3 Å². The average molecular weight is 320 g/mol. The molecule has 5 nitrogen and oxygen atoms in total. The normalized spacial score (nSPS) is 13.6. The van der Waals surface area contributed by atoms with Crippen molar-refractivity contribution >= 4 is 17.2 Å². The predicted octanol–water partition coefficient (Wildman–Crippen LogP) is 2.62. The molecule has 0 bridgehead atoms. The highest BCUT2D eigenvalue weighted by atomic mass is 32.1. The number of aromatic nitrogens is 1. The van der Waals surface area contributed by atoms with Gasteiger partial charge in [0.1, 0.15) is 16.0 Å². The molecule has 0 radical (unpaired) electrons. The van der Waals surface area contributed by atoms with Crippen molar-refractivity contribution in [1.29, 1.82) is 0 Å². The van der Waals surface area contributed by atoms with Gasteiger partial charge in [0.15, 0.2) is 0 Å². The van der Waals surface area contributed by atoms with Gasteiger partial charge < -0.3 is 15.2 Å². The topological polar surface area (TPSA) is 71.5 Å². The van der Waals surface area contributed by atoms with Gasteiger partial charge >= 0.3 is 0 Å². The summed E-state index contributed by atoms with van der Waals surface area (Å²) in [6, 6.07) is 8.96. The number of thiazole rings is 1. The number of nitrogens with one attached hydrogen (secondary N) is 1. The van der Waals surface area contributed by atoms with E-state index < -0.39 is 6.04 Å². The lowest BCUT2D eigenvalue weighted by molar-refractivity contribution is 0.0919. The minimum atomic E-state index is -0.432. The Bertz CT molecular complexity index is 628. The van der Waals surface area contributed by atoms with Gasteiger partial charge in [-0.3, -0.25) is 4.79 Å². The number of carbonyl (C=O) groups is 1. The molecular formula is C16H20N2O3S. The minimum absolute atomic E-state index is 0.145. The highest BCUT2D eigenvalue weighted by Gasteiger charge is 2.21. The lowest BCUT2D eigenvalue weighted by atomic mass is 10.1. The molecule has 2 N–H and O–H groups in total. The van der Waals surface area contributed by atoms with Crippen LogP contribution in [-0.2, 0) is 4.74 Å². The van der Waals surface area contributed by atoms with Gasteiger partial charge in [0.25, 0.3) is 5.91 Å². The molecule has 0 saturated carbocycles. The summed E-state index contributed by atoms with van der Waals surface area (Å²) in [5.41, 5.74) is 1.54. The van der Waals surface area contributed by atoms with Crippen molar-refractivity contribution in [2.75, 3.05) is 13.7 Å². The summed E-state index contributed by atoms with van der Waals surface area (Å²) in [5, 5.41) is 13.1. The molecule has 2 aromatic rings. The molecule has 2 rings (SSSR count). The number of amides is 1. The first-order valence-electron chi connectivity index (χ1n) is 7.03. The highest BCUT2D eigenvalue weighted by molar-refractivity contribution is 7.13. The van der Waals surface area contributed by atoms with Crippen LogP contribution in [0.4, 0.5) is 0 Å². The van der Waals surface area contributed by atoms with Crippen LogP contribution in [0.5, 0.6) is 0 Å². The molecule has 1 amide bonds. The molecule has 0 saturated heterocycles. The quantitative estimate of drug-likeness (QED) is 0.858. The van der Waals surface area contributed by atoms with E-state index >= 15 is 0 Å². The zero-order valence-electron chi connectivity index (χ0n) is 12.9. The van der Waals surface area contributed by atoms with Crippen LogP contribution in [0.3, 0.4) is 0 Å². The Balaban J connectivity index is 2.16. The molecular weight excluding hydrogens is 300 g/mol. The second-order valence-electron chi connectivity index (χ2n) is 4.96. The van der Waals surface area contributed by atoms with Gasteiger partial charge in [-0.15, -0.1) is 11.3 Å². The fraction of sp³-hybridized carbons (Fsp3) is 0.375. The molecule has 0 aliphatic heterocycles. The van der Waals surface area contributed by atoms with E-state index in [9.17, 15) is 9.90 Å². The Hall–Kier alpha value is -1.76. The van der Waals surface area contributed by atoms with Crippen molar-refractivity contribution in [2.45, 2.75) is 26.0 Å². The predicted molar refractivity (Wildman–Crippen MR) is 86.0 cm³/mol. The standard InChI is InChI=1S/C16H20N2O3S/c1-10-14(22-16(17-10)11(2)21-3)15(20)18-13(9-19)12-7-5-4-6-8-12/h4-8,11,13,19H,9H2,1-3H3,(H,18,20). The Morgan fingerprint density at radius 3 is 2.68 bits per heavy atom. The fourth-order valence-corrected chi connectivity index (χ4v) is 3.05. The molecule has 0 aliphatic rings. The van der Waals surface area contributed by atoms with Crippen LogP contribution < -0.4 is 5.32 Å². The lowest BCUT2D eigenvalue weighted by Gasteiger charge is -2.16. The van der Waals surface area contributed by atoms with E-state index in [0.29, 0.717) is 10.6 Å². The van der Waals surface area contributed by atoms with Gasteiger partial charge in [-0.1, -0.05) is 30.3 Å². The van der Waals surface area contributed by atoms with Gasteiger partial charge in [-0.05, 0) is 19.4 Å². The van der Waals surface area contributed by atoms with Crippen molar-refractivity contribution in [1.82, 2.24) is 10.3 Å². The summed E-state index contributed by atoms with van der Waals surface area (Å²) in [4.78, 5) is 17.4. The Labute approximate surface area is 134 Å². The SMILES string of the molecule is COC(C)c1nc(C)c(C(=O)NC(CO)c2ccccc2)s1. The summed E-state index contributed by atoms with van der Waals surface area (Å²) in [6.07, 6.45) is -0.145. The van der Waals surface area contributed by atoms with Crippen LogP contribution in [-0.4, -0.2) is 29.7 Å². The number of rotatable bonds is 6. The third-order valence-corrected chi connectivity index (χ3v) is 4.73. The summed E-state index contributed by atoms with van der Waals surface area (Å²) in [6.45, 7) is 3.53. The maximum absolute atomic E-state index is 12.4. The molecule has 0 spiro atoms. The maximum atomic E-state index is 12.4. The Morgan fingerprint density at radius 1 is 1.41 bits per heavy atom. The smallest absolute Gasteiger partial charge is 0.263 e. The lowest BCUT2D eigenvalue weighted by Crippen LogP contribution is -2.30. The highest BCUT2D eigenvalue weighted by Crippen LogP contribution is 2.26. The minimum Gasteiger partial charge on any atom is -0.394 e. The molecule has 0 aliphatic carbocycles. The number of methoxy groups -OCH3 is 1. The molecule has 2 unspecified atom stereocenters. The third kappa shape index (κ3) is 3.71. The average Bonchev–Trinajstić information content (AvgIpc) is 2.94. The number of ether oxygens (including phenoxy) is 1. The third-order valence-electron chi connectivity index (χ3n) is 3.41. The van der Waals surface area contributed by atoms with Crippen molar-refractivity contribution in [3.63, 3.8) is 0 Å². The molecule has 1 heterocycles. The summed E-state index contributed by atoms with van der Waals surface area (Å²) in [5.74, 6) is -0.229. The summed E-state index contributed by atoms with van der Waals surface area (Å²) in [7, 11) is 1.61. The molecule has 118 valence electrons. The summed E-state index contributed by atoms with van der Waals surface area (Å²) < 4.78 is 5.23. The van der Waals surface area contributed by atoms with Crippen LogP contribution in [0, 0.1) is 6.92 Å². The zero-order valence-corrected chi connectivity index (χ0v) is 13.7. The molecule has 1 aromatic carbocycles. The van der Waals surface area contributed by atoms with Crippen molar-refractivity contribution in [3.8, 4) is 0 Å². The molecule has 0 fully saturated rings. The van der Waals surface area contributed by atoms with Crippen molar-refractivity contribution in [3.05, 3.63) is 51.5 Å². The number of aryl methyl sites for hydroxylation is 1. The van der Waals surface area contributed by atoms with Gasteiger partial charge in [0.2, 0.25) is 0 Å². The van der Waals surface area contributed by atoms with Crippen LogP contribution in [0.25, 0.3) is 0 Å². The molecule has 6 heteroatoms. The number of hydrogen-bond acceptors (Lipinski definition) is 5. The van der Waals surface area contributed by atoms with Crippen LogP contribution in [0.15, 0.2) is 30.3 Å². The summed E-state index contributed by atoms with van der Waals surface area (Å²) >= 11 is 1.32. The first-order valence-corrected chi connectivity index (χ1v) is 7.85. The number of carbonyl (C=O) groups excluding carboxylic acids is 1. The Kier molecular flexibility index (Phi) is 5.65. The van der Waals surface area contributed by atoms with Crippen LogP contribution in [0.1, 0.15) is 45.0 Å². The van der Waals surface area contributed by atoms with E-state index in [4.69, 9.17) is 4.74 Å². The molecule has 22 heavy (non-hydrogen) atoms. The zero-order chi connectivity index (χ0) is 16.1. The van der Waals surface area contributed by atoms with E-state index in [1.165, 1.54) is 11.3 Å². The van der Waals surface area contributed by atoms with E-state index in [1.807, 2.05) is 37.3 Å². The van der Waals surface area contributed by atoms with Gasteiger partial charge in [-0.2, -0.15) is 0 Å². The maximum Gasteiger partial charge on any atom is 0.263 e. The number of aliphatic hydroxyl groups is 1.